The van der Waals surface area contributed by atoms with E-state index in [0.717, 1.165) is 16.9 Å². The van der Waals surface area contributed by atoms with Gasteiger partial charge in [0.15, 0.2) is 5.13 Å². The van der Waals surface area contributed by atoms with E-state index < -0.39 is 22.0 Å². The molecule has 0 unspecified atom stereocenters. The van der Waals surface area contributed by atoms with E-state index in [1.165, 1.54) is 23.5 Å². The summed E-state index contributed by atoms with van der Waals surface area (Å²) in [6, 6.07) is 13.1. The molecular weight excluding hydrogens is 498 g/mol. The predicted octanol–water partition coefficient (Wildman–Crippen LogP) is 4.86. The predicted molar refractivity (Wildman–Crippen MR) is 143 cm³/mol. The van der Waals surface area contributed by atoms with Crippen LogP contribution in [0, 0.1) is 12.8 Å². The first-order chi connectivity index (χ1) is 17.1. The Labute approximate surface area is 217 Å². The fourth-order valence-electron chi connectivity index (χ4n) is 3.51. The van der Waals surface area contributed by atoms with Gasteiger partial charge in [0.1, 0.15) is 17.9 Å². The first kappa shape index (κ1) is 27.8. The number of hydrogen-bond acceptors (Lipinski definition) is 7. The number of anilines is 1. The van der Waals surface area contributed by atoms with Gasteiger partial charge in [-0.2, -0.15) is 4.72 Å². The maximum atomic E-state index is 13.1. The lowest BCUT2D eigenvalue weighted by Gasteiger charge is -2.19. The van der Waals surface area contributed by atoms with Crippen molar-refractivity contribution in [3.8, 4) is 17.0 Å². The summed E-state index contributed by atoms with van der Waals surface area (Å²) in [7, 11) is -2.23. The van der Waals surface area contributed by atoms with Gasteiger partial charge in [-0.15, -0.1) is 11.3 Å². The minimum absolute atomic E-state index is 0.0656. The molecule has 0 aliphatic carbocycles. The lowest BCUT2D eigenvalue weighted by Crippen LogP contribution is -2.44. The van der Waals surface area contributed by atoms with Crippen molar-refractivity contribution in [3.63, 3.8) is 0 Å². The number of aromatic nitrogens is 1. The number of sulfonamides is 1. The SMILES string of the molecule is COC[C@H](C)Oc1ccc(-c2csc(NC(=O)[C@H](CC(C)C)NS(=O)(=O)c3ccc(C)cc3)n2)cc1. The third-order valence-electron chi connectivity index (χ3n) is 5.28. The summed E-state index contributed by atoms with van der Waals surface area (Å²) in [5.41, 5.74) is 2.53. The highest BCUT2D eigenvalue weighted by atomic mass is 32.2. The molecule has 3 aromatic rings. The van der Waals surface area contributed by atoms with Gasteiger partial charge in [0.25, 0.3) is 0 Å². The molecule has 3 rings (SSSR count). The van der Waals surface area contributed by atoms with Gasteiger partial charge in [0.2, 0.25) is 15.9 Å². The topological polar surface area (TPSA) is 107 Å². The van der Waals surface area contributed by atoms with E-state index in [2.05, 4.69) is 15.0 Å². The van der Waals surface area contributed by atoms with Crippen molar-refractivity contribution < 1.29 is 22.7 Å². The van der Waals surface area contributed by atoms with Crippen LogP contribution in [0.1, 0.15) is 32.8 Å². The molecule has 0 fully saturated rings. The van der Waals surface area contributed by atoms with Crippen LogP contribution >= 0.6 is 11.3 Å². The van der Waals surface area contributed by atoms with Crippen molar-refractivity contribution in [1.82, 2.24) is 9.71 Å². The van der Waals surface area contributed by atoms with Crippen LogP contribution in [0.15, 0.2) is 58.8 Å². The zero-order valence-corrected chi connectivity index (χ0v) is 22.8. The summed E-state index contributed by atoms with van der Waals surface area (Å²) in [6.07, 6.45) is 0.280. The summed E-state index contributed by atoms with van der Waals surface area (Å²) < 4.78 is 39.2. The van der Waals surface area contributed by atoms with Gasteiger partial charge >= 0.3 is 0 Å². The molecule has 1 aromatic heterocycles. The number of aryl methyl sites for hydroxylation is 1. The Morgan fingerprint density at radius 3 is 2.33 bits per heavy atom. The molecular formula is C26H33N3O5S2. The molecule has 0 aliphatic heterocycles. The fourth-order valence-corrected chi connectivity index (χ4v) is 5.45. The Morgan fingerprint density at radius 1 is 1.06 bits per heavy atom. The van der Waals surface area contributed by atoms with Gasteiger partial charge in [0, 0.05) is 18.1 Å². The molecule has 36 heavy (non-hydrogen) atoms. The monoisotopic (exact) mass is 531 g/mol. The van der Waals surface area contributed by atoms with Crippen LogP contribution in [0.25, 0.3) is 11.3 Å². The highest BCUT2D eigenvalue weighted by molar-refractivity contribution is 7.89. The van der Waals surface area contributed by atoms with Crippen molar-refractivity contribution in [3.05, 3.63) is 59.5 Å². The van der Waals surface area contributed by atoms with Gasteiger partial charge in [-0.05, 0) is 62.6 Å². The average molecular weight is 532 g/mol. The van der Waals surface area contributed by atoms with E-state index in [1.54, 1.807) is 19.2 Å². The molecule has 8 nitrogen and oxygen atoms in total. The van der Waals surface area contributed by atoms with Gasteiger partial charge in [-0.1, -0.05) is 31.5 Å². The summed E-state index contributed by atoms with van der Waals surface area (Å²) in [6.45, 7) is 8.18. The lowest BCUT2D eigenvalue weighted by atomic mass is 10.0. The van der Waals surface area contributed by atoms with E-state index in [9.17, 15) is 13.2 Å². The molecule has 194 valence electrons. The van der Waals surface area contributed by atoms with E-state index >= 15 is 0 Å². The second kappa shape index (κ2) is 12.4. The number of benzene rings is 2. The van der Waals surface area contributed by atoms with Gasteiger partial charge in [-0.25, -0.2) is 13.4 Å². The number of ether oxygens (including phenoxy) is 2. The first-order valence-electron chi connectivity index (χ1n) is 11.7. The zero-order chi connectivity index (χ0) is 26.3. The molecule has 2 aromatic carbocycles. The third-order valence-corrected chi connectivity index (χ3v) is 7.52. The summed E-state index contributed by atoms with van der Waals surface area (Å²) >= 11 is 1.28. The Kier molecular flexibility index (Phi) is 9.61. The molecule has 0 saturated carbocycles. The highest BCUT2D eigenvalue weighted by Gasteiger charge is 2.27. The average Bonchev–Trinajstić information content (AvgIpc) is 3.27. The molecule has 2 atom stereocenters. The maximum Gasteiger partial charge on any atom is 0.244 e. The van der Waals surface area contributed by atoms with Crippen LogP contribution in [0.5, 0.6) is 5.75 Å². The standard InChI is InChI=1S/C26H33N3O5S2/c1-17(2)14-23(29-36(31,32)22-12-6-18(3)7-13-22)25(30)28-26-27-24(16-35-26)20-8-10-21(11-9-20)34-19(4)15-33-5/h6-13,16-17,19,23,29H,14-15H2,1-5H3,(H,27,28,30)/t19-,23-/m0/s1. The molecule has 0 radical (unpaired) electrons. The molecule has 0 bridgehead atoms. The minimum atomic E-state index is -3.86. The third kappa shape index (κ3) is 7.86. The van der Waals surface area contributed by atoms with Crippen molar-refractivity contribution in [2.24, 2.45) is 5.92 Å². The highest BCUT2D eigenvalue weighted by Crippen LogP contribution is 2.27. The first-order valence-corrected chi connectivity index (χ1v) is 14.0. The van der Waals surface area contributed by atoms with Gasteiger partial charge in [-0.3, -0.25) is 4.79 Å². The number of rotatable bonds is 12. The number of carbonyl (C=O) groups excluding carboxylic acids is 1. The normalized spacial score (nSPS) is 13.4. The Morgan fingerprint density at radius 2 is 1.72 bits per heavy atom. The number of methoxy groups -OCH3 is 1. The molecule has 1 amide bonds. The summed E-state index contributed by atoms with van der Waals surface area (Å²) in [4.78, 5) is 17.7. The van der Waals surface area contributed by atoms with Crippen molar-refractivity contribution in [2.75, 3.05) is 19.0 Å². The summed E-state index contributed by atoms with van der Waals surface area (Å²) in [5.74, 6) is 0.376. The smallest absolute Gasteiger partial charge is 0.244 e. The number of nitrogens with zero attached hydrogens (tertiary/aromatic N) is 1. The molecule has 10 heteroatoms. The van der Waals surface area contributed by atoms with E-state index in [4.69, 9.17) is 9.47 Å². The van der Waals surface area contributed by atoms with Crippen LogP contribution in [0.3, 0.4) is 0 Å². The minimum Gasteiger partial charge on any atom is -0.488 e. The number of carbonyl (C=O) groups is 1. The molecule has 2 N–H and O–H groups in total. The number of hydrogen-bond donors (Lipinski definition) is 2. The van der Waals surface area contributed by atoms with Crippen molar-refractivity contribution >= 4 is 32.4 Å². The second-order valence-electron chi connectivity index (χ2n) is 9.05. The Balaban J connectivity index is 1.69. The maximum absolute atomic E-state index is 13.1. The number of nitrogens with one attached hydrogen (secondary N) is 2. The van der Waals surface area contributed by atoms with Crippen molar-refractivity contribution in [2.45, 2.75) is 51.2 Å². The van der Waals surface area contributed by atoms with Crippen LogP contribution in [-0.4, -0.2) is 45.2 Å². The van der Waals surface area contributed by atoms with E-state index in [-0.39, 0.29) is 16.9 Å². The summed E-state index contributed by atoms with van der Waals surface area (Å²) in [5, 5.41) is 5.01. The van der Waals surface area contributed by atoms with E-state index in [1.807, 2.05) is 57.3 Å². The Hall–Kier alpha value is -2.79. The largest absolute Gasteiger partial charge is 0.488 e. The second-order valence-corrected chi connectivity index (χ2v) is 11.6. The van der Waals surface area contributed by atoms with E-state index in [0.29, 0.717) is 23.9 Å². The number of amides is 1. The van der Waals surface area contributed by atoms with Crippen LogP contribution < -0.4 is 14.8 Å². The lowest BCUT2D eigenvalue weighted by molar-refractivity contribution is -0.118. The molecule has 0 spiro atoms. The van der Waals surface area contributed by atoms with Crippen LogP contribution in [0.4, 0.5) is 5.13 Å². The van der Waals surface area contributed by atoms with Crippen LogP contribution in [0.2, 0.25) is 0 Å². The zero-order valence-electron chi connectivity index (χ0n) is 21.1. The molecule has 0 aliphatic rings. The van der Waals surface area contributed by atoms with Gasteiger partial charge < -0.3 is 14.8 Å². The number of thiazole rings is 1. The van der Waals surface area contributed by atoms with Crippen molar-refractivity contribution in [1.29, 1.82) is 0 Å². The molecule has 0 saturated heterocycles. The Bertz CT molecular complexity index is 1240. The fraction of sp³-hybridized carbons (Fsp3) is 0.385. The molecule has 1 heterocycles. The van der Waals surface area contributed by atoms with Gasteiger partial charge in [0.05, 0.1) is 17.2 Å². The quantitative estimate of drug-likeness (QED) is 0.346. The van der Waals surface area contributed by atoms with Crippen LogP contribution in [-0.2, 0) is 19.6 Å².